The highest BCUT2D eigenvalue weighted by molar-refractivity contribution is 7.92. The molecule has 0 saturated heterocycles. The van der Waals surface area contributed by atoms with Crippen molar-refractivity contribution in [3.63, 3.8) is 0 Å². The second kappa shape index (κ2) is 10.7. The van der Waals surface area contributed by atoms with Crippen molar-refractivity contribution in [1.29, 1.82) is 0 Å². The normalized spacial score (nSPS) is 12.4. The molecule has 0 aliphatic carbocycles. The molecule has 2 rings (SSSR count). The van der Waals surface area contributed by atoms with Crippen LogP contribution in [-0.4, -0.2) is 50.0 Å². The van der Waals surface area contributed by atoms with Gasteiger partial charge >= 0.3 is 0 Å². The van der Waals surface area contributed by atoms with Gasteiger partial charge in [-0.1, -0.05) is 18.2 Å². The zero-order valence-corrected chi connectivity index (χ0v) is 19.5. The first-order chi connectivity index (χ1) is 15.3. The van der Waals surface area contributed by atoms with Crippen molar-refractivity contribution in [2.24, 2.45) is 0 Å². The lowest BCUT2D eigenvalue weighted by atomic mass is 10.1. The van der Waals surface area contributed by atoms with Crippen LogP contribution in [0.25, 0.3) is 0 Å². The van der Waals surface area contributed by atoms with Crippen molar-refractivity contribution in [1.82, 2.24) is 10.2 Å². The van der Waals surface area contributed by atoms with Crippen LogP contribution < -0.4 is 9.62 Å². The number of rotatable bonds is 9. The summed E-state index contributed by atoms with van der Waals surface area (Å²) in [5, 5.41) is 2.66. The van der Waals surface area contributed by atoms with Crippen LogP contribution in [0.5, 0.6) is 0 Å². The minimum atomic E-state index is -4.10. The second-order valence-corrected chi connectivity index (χ2v) is 9.73. The SMILES string of the molecule is CC(C)NC(=O)[C@H](C)N(Cc1ccccc1F)C(=O)CN(c1ccc(F)c(F)c1)S(C)(=O)=O. The molecule has 2 amide bonds. The van der Waals surface area contributed by atoms with Gasteiger partial charge in [0.25, 0.3) is 0 Å². The number of carbonyl (C=O) groups excluding carboxylic acids is 2. The molecule has 180 valence electrons. The number of hydrogen-bond acceptors (Lipinski definition) is 4. The monoisotopic (exact) mass is 485 g/mol. The molecule has 2 aromatic rings. The highest BCUT2D eigenvalue weighted by atomic mass is 32.2. The molecule has 1 atom stereocenters. The molecular formula is C22H26F3N3O4S. The van der Waals surface area contributed by atoms with E-state index in [1.807, 2.05) is 0 Å². The van der Waals surface area contributed by atoms with Crippen LogP contribution in [0.4, 0.5) is 18.9 Å². The van der Waals surface area contributed by atoms with E-state index in [4.69, 9.17) is 0 Å². The molecule has 2 aromatic carbocycles. The predicted octanol–water partition coefficient (Wildman–Crippen LogP) is 2.81. The molecule has 1 N–H and O–H groups in total. The van der Waals surface area contributed by atoms with Crippen LogP contribution in [0.1, 0.15) is 26.3 Å². The van der Waals surface area contributed by atoms with E-state index in [9.17, 15) is 31.2 Å². The molecule has 0 bridgehead atoms. The number of nitrogens with one attached hydrogen (secondary N) is 1. The maximum absolute atomic E-state index is 14.3. The Morgan fingerprint density at radius 2 is 1.61 bits per heavy atom. The lowest BCUT2D eigenvalue weighted by molar-refractivity contribution is -0.139. The first-order valence-corrected chi connectivity index (χ1v) is 11.9. The van der Waals surface area contributed by atoms with Crippen LogP contribution in [0.3, 0.4) is 0 Å². The maximum atomic E-state index is 14.3. The number of nitrogens with zero attached hydrogens (tertiary/aromatic N) is 2. The Morgan fingerprint density at radius 3 is 2.15 bits per heavy atom. The number of halogens is 3. The number of sulfonamides is 1. The Hall–Kier alpha value is -3.08. The Bertz CT molecular complexity index is 1130. The average Bonchev–Trinajstić information content (AvgIpc) is 2.71. The van der Waals surface area contributed by atoms with Crippen molar-refractivity contribution in [2.75, 3.05) is 17.1 Å². The van der Waals surface area contributed by atoms with Gasteiger partial charge in [0.1, 0.15) is 18.4 Å². The van der Waals surface area contributed by atoms with Crippen molar-refractivity contribution in [3.8, 4) is 0 Å². The fraction of sp³-hybridized carbons (Fsp3) is 0.364. The summed E-state index contributed by atoms with van der Waals surface area (Å²) in [4.78, 5) is 26.8. The molecule has 0 heterocycles. The van der Waals surface area contributed by atoms with Gasteiger partial charge in [-0.15, -0.1) is 0 Å². The number of amides is 2. The Labute approximate surface area is 191 Å². The standard InChI is InChI=1S/C22H26F3N3O4S/c1-14(2)26-22(30)15(3)27(12-16-7-5-6-8-18(16)23)21(29)13-28(33(4,31)32)17-9-10-19(24)20(25)11-17/h5-11,14-15H,12-13H2,1-4H3,(H,26,30)/t15-/m0/s1. The Kier molecular flexibility index (Phi) is 8.48. The summed E-state index contributed by atoms with van der Waals surface area (Å²) in [6, 6.07) is 6.75. The fourth-order valence-corrected chi connectivity index (χ4v) is 3.89. The first kappa shape index (κ1) is 26.2. The van der Waals surface area contributed by atoms with Gasteiger partial charge in [0.2, 0.25) is 21.8 Å². The van der Waals surface area contributed by atoms with Crippen LogP contribution in [0.2, 0.25) is 0 Å². The molecule has 7 nitrogen and oxygen atoms in total. The van der Waals surface area contributed by atoms with Crippen molar-refractivity contribution in [3.05, 3.63) is 65.5 Å². The molecular weight excluding hydrogens is 459 g/mol. The van der Waals surface area contributed by atoms with Crippen LogP contribution in [0.15, 0.2) is 42.5 Å². The van der Waals surface area contributed by atoms with E-state index in [0.29, 0.717) is 10.4 Å². The van der Waals surface area contributed by atoms with Gasteiger partial charge < -0.3 is 10.2 Å². The van der Waals surface area contributed by atoms with E-state index >= 15 is 0 Å². The van der Waals surface area contributed by atoms with Gasteiger partial charge in [0.05, 0.1) is 11.9 Å². The van der Waals surface area contributed by atoms with Crippen LogP contribution in [0, 0.1) is 17.5 Å². The summed E-state index contributed by atoms with van der Waals surface area (Å²) in [7, 11) is -4.10. The Balaban J connectivity index is 2.43. The zero-order chi connectivity index (χ0) is 24.9. The van der Waals surface area contributed by atoms with Gasteiger partial charge in [-0.25, -0.2) is 21.6 Å². The van der Waals surface area contributed by atoms with Gasteiger partial charge in [-0.3, -0.25) is 13.9 Å². The predicted molar refractivity (Wildman–Crippen MR) is 118 cm³/mol. The molecule has 0 saturated carbocycles. The smallest absolute Gasteiger partial charge is 0.244 e. The molecule has 33 heavy (non-hydrogen) atoms. The lowest BCUT2D eigenvalue weighted by Gasteiger charge is -2.32. The van der Waals surface area contributed by atoms with E-state index in [1.54, 1.807) is 19.9 Å². The second-order valence-electron chi connectivity index (χ2n) is 7.82. The van der Waals surface area contributed by atoms with E-state index in [1.165, 1.54) is 25.1 Å². The minimum Gasteiger partial charge on any atom is -0.352 e. The number of carbonyl (C=O) groups is 2. The number of anilines is 1. The van der Waals surface area contributed by atoms with Crippen LogP contribution in [-0.2, 0) is 26.2 Å². The summed E-state index contributed by atoms with van der Waals surface area (Å²) in [6.45, 7) is 3.76. The summed E-state index contributed by atoms with van der Waals surface area (Å²) in [5.41, 5.74) is -0.149. The molecule has 0 fully saturated rings. The molecule has 0 aliphatic heterocycles. The molecule has 0 aromatic heterocycles. The minimum absolute atomic E-state index is 0.119. The average molecular weight is 486 g/mol. The summed E-state index contributed by atoms with van der Waals surface area (Å²) in [6.07, 6.45) is 0.803. The number of hydrogen-bond donors (Lipinski definition) is 1. The van der Waals surface area contributed by atoms with Crippen molar-refractivity contribution < 1.29 is 31.2 Å². The third kappa shape index (κ3) is 6.95. The third-order valence-corrected chi connectivity index (χ3v) is 5.91. The Morgan fingerprint density at radius 1 is 0.970 bits per heavy atom. The molecule has 0 spiro atoms. The lowest BCUT2D eigenvalue weighted by Crippen LogP contribution is -2.52. The molecule has 0 radical (unpaired) electrons. The summed E-state index contributed by atoms with van der Waals surface area (Å²) in [5.74, 6) is -4.43. The molecule has 0 aliphatic rings. The molecule has 0 unspecified atom stereocenters. The zero-order valence-electron chi connectivity index (χ0n) is 18.7. The van der Waals surface area contributed by atoms with Crippen molar-refractivity contribution >= 4 is 27.5 Å². The van der Waals surface area contributed by atoms with Gasteiger partial charge in [0.15, 0.2) is 11.6 Å². The van der Waals surface area contributed by atoms with E-state index in [0.717, 1.165) is 23.3 Å². The van der Waals surface area contributed by atoms with Gasteiger partial charge in [-0.05, 0) is 39.0 Å². The van der Waals surface area contributed by atoms with E-state index in [2.05, 4.69) is 5.32 Å². The highest BCUT2D eigenvalue weighted by Crippen LogP contribution is 2.22. The summed E-state index contributed by atoms with van der Waals surface area (Å²) < 4.78 is 66.6. The number of benzene rings is 2. The summed E-state index contributed by atoms with van der Waals surface area (Å²) >= 11 is 0. The van der Waals surface area contributed by atoms with E-state index in [-0.39, 0.29) is 23.8 Å². The van der Waals surface area contributed by atoms with Gasteiger partial charge in [0, 0.05) is 24.2 Å². The topological polar surface area (TPSA) is 86.8 Å². The largest absolute Gasteiger partial charge is 0.352 e. The quantitative estimate of drug-likeness (QED) is 0.592. The highest BCUT2D eigenvalue weighted by Gasteiger charge is 2.31. The fourth-order valence-electron chi connectivity index (χ4n) is 3.05. The maximum Gasteiger partial charge on any atom is 0.244 e. The van der Waals surface area contributed by atoms with Crippen molar-refractivity contribution in [2.45, 2.75) is 39.4 Å². The molecule has 11 heteroatoms. The third-order valence-electron chi connectivity index (χ3n) is 4.77. The van der Waals surface area contributed by atoms with E-state index < -0.39 is 51.9 Å². The van der Waals surface area contributed by atoms with Crippen LogP contribution >= 0.6 is 0 Å². The first-order valence-electron chi connectivity index (χ1n) is 10.1. The van der Waals surface area contributed by atoms with Gasteiger partial charge in [-0.2, -0.15) is 0 Å².